The van der Waals surface area contributed by atoms with E-state index in [9.17, 15) is 14.0 Å². The molecule has 0 aliphatic rings. The minimum absolute atomic E-state index is 0.0297. The van der Waals surface area contributed by atoms with Crippen molar-refractivity contribution in [3.8, 4) is 6.07 Å². The molecule has 0 bridgehead atoms. The monoisotopic (exact) mass is 328 g/mol. The molecule has 0 heterocycles. The van der Waals surface area contributed by atoms with E-state index in [-0.39, 0.29) is 22.3 Å². The lowest BCUT2D eigenvalue weighted by Gasteiger charge is -2.09. The Morgan fingerprint density at radius 3 is 2.79 bits per heavy atom. The predicted molar refractivity (Wildman–Crippen MR) is 68.7 cm³/mol. The van der Waals surface area contributed by atoms with Crippen molar-refractivity contribution in [2.45, 2.75) is 13.3 Å². The fourth-order valence-electron chi connectivity index (χ4n) is 1.29. The molecule has 19 heavy (non-hydrogen) atoms. The number of nitrogens with zero attached hydrogens (tertiary/aromatic N) is 1. The van der Waals surface area contributed by atoms with Gasteiger partial charge in [0.05, 0.1) is 22.3 Å². The summed E-state index contributed by atoms with van der Waals surface area (Å²) in [5.74, 6) is -2.22. The van der Waals surface area contributed by atoms with Gasteiger partial charge in [-0.25, -0.2) is 4.39 Å². The highest BCUT2D eigenvalue weighted by atomic mass is 79.9. The summed E-state index contributed by atoms with van der Waals surface area (Å²) in [7, 11) is 0. The number of amides is 1. The van der Waals surface area contributed by atoms with Gasteiger partial charge in [0, 0.05) is 0 Å². The maximum Gasteiger partial charge on any atom is 0.315 e. The summed E-state index contributed by atoms with van der Waals surface area (Å²) in [6.07, 6.45) is -0.537. The number of benzene rings is 1. The van der Waals surface area contributed by atoms with Crippen molar-refractivity contribution in [1.82, 2.24) is 0 Å². The summed E-state index contributed by atoms with van der Waals surface area (Å²) in [6, 6.07) is 4.47. The van der Waals surface area contributed by atoms with Crippen LogP contribution in [0.15, 0.2) is 16.6 Å². The highest BCUT2D eigenvalue weighted by molar-refractivity contribution is 9.10. The molecule has 1 amide bonds. The van der Waals surface area contributed by atoms with Gasteiger partial charge in [0.25, 0.3) is 0 Å². The average Bonchev–Trinajstić information content (AvgIpc) is 2.35. The Kier molecular flexibility index (Phi) is 5.45. The predicted octanol–water partition coefficient (Wildman–Crippen LogP) is 2.35. The first-order valence-electron chi connectivity index (χ1n) is 5.33. The Bertz CT molecular complexity index is 555. The number of nitriles is 1. The van der Waals surface area contributed by atoms with Gasteiger partial charge in [-0.2, -0.15) is 5.26 Å². The number of carbonyl (C=O) groups excluding carboxylic acids is 2. The first-order chi connectivity index (χ1) is 8.99. The number of hydrogen-bond acceptors (Lipinski definition) is 4. The van der Waals surface area contributed by atoms with Crippen LogP contribution < -0.4 is 5.32 Å². The molecule has 0 saturated heterocycles. The van der Waals surface area contributed by atoms with E-state index in [1.165, 1.54) is 12.1 Å². The summed E-state index contributed by atoms with van der Waals surface area (Å²) in [4.78, 5) is 22.6. The van der Waals surface area contributed by atoms with Crippen LogP contribution >= 0.6 is 15.9 Å². The molecule has 1 aromatic rings. The molecule has 0 fully saturated rings. The molecule has 0 unspecified atom stereocenters. The van der Waals surface area contributed by atoms with Gasteiger partial charge in [0.15, 0.2) is 5.82 Å². The van der Waals surface area contributed by atoms with E-state index >= 15 is 0 Å². The van der Waals surface area contributed by atoms with Crippen molar-refractivity contribution in [3.05, 3.63) is 28.0 Å². The SMILES string of the molecule is CCOC(=O)CC(=O)Nc1c(C#N)ccc(Br)c1F. The van der Waals surface area contributed by atoms with Gasteiger partial charge < -0.3 is 10.1 Å². The minimum Gasteiger partial charge on any atom is -0.466 e. The molecule has 1 N–H and O–H groups in total. The Labute approximate surface area is 117 Å². The van der Waals surface area contributed by atoms with Crippen LogP contribution in [0.3, 0.4) is 0 Å². The molecule has 0 radical (unpaired) electrons. The molecule has 5 nitrogen and oxygen atoms in total. The normalized spacial score (nSPS) is 9.58. The molecule has 0 aliphatic carbocycles. The quantitative estimate of drug-likeness (QED) is 0.679. The number of anilines is 1. The van der Waals surface area contributed by atoms with E-state index in [4.69, 9.17) is 5.26 Å². The van der Waals surface area contributed by atoms with Crippen molar-refractivity contribution < 1.29 is 18.7 Å². The van der Waals surface area contributed by atoms with Crippen molar-refractivity contribution in [1.29, 1.82) is 5.26 Å². The topological polar surface area (TPSA) is 79.2 Å². The van der Waals surface area contributed by atoms with Gasteiger partial charge in [-0.3, -0.25) is 9.59 Å². The van der Waals surface area contributed by atoms with E-state index in [0.29, 0.717) is 0 Å². The van der Waals surface area contributed by atoms with Crippen molar-refractivity contribution in [2.75, 3.05) is 11.9 Å². The summed E-state index contributed by atoms with van der Waals surface area (Å²) in [5.41, 5.74) is -0.288. The Morgan fingerprint density at radius 2 is 2.21 bits per heavy atom. The molecule has 0 atom stereocenters. The standard InChI is InChI=1S/C12H10BrFN2O3/c1-2-19-10(18)5-9(17)16-12-7(6-15)3-4-8(13)11(12)14/h3-4H,2,5H2,1H3,(H,16,17). The lowest BCUT2D eigenvalue weighted by molar-refractivity contribution is -0.145. The first-order valence-corrected chi connectivity index (χ1v) is 6.12. The van der Waals surface area contributed by atoms with Crippen LogP contribution in [0, 0.1) is 17.1 Å². The van der Waals surface area contributed by atoms with Crippen LogP contribution in [0.2, 0.25) is 0 Å². The fourth-order valence-corrected chi connectivity index (χ4v) is 1.62. The summed E-state index contributed by atoms with van der Waals surface area (Å²) in [6.45, 7) is 1.76. The number of halogens is 2. The molecule has 0 aromatic heterocycles. The molecule has 0 aliphatic heterocycles. The maximum atomic E-state index is 13.8. The molecule has 1 rings (SSSR count). The van der Waals surface area contributed by atoms with Gasteiger partial charge in [-0.05, 0) is 35.0 Å². The molecule has 0 spiro atoms. The second-order valence-electron chi connectivity index (χ2n) is 3.43. The number of nitrogens with one attached hydrogen (secondary N) is 1. The Hall–Kier alpha value is -1.94. The first kappa shape index (κ1) is 15.1. The second-order valence-corrected chi connectivity index (χ2v) is 4.28. The van der Waals surface area contributed by atoms with Crippen molar-refractivity contribution in [2.24, 2.45) is 0 Å². The third kappa shape index (κ3) is 4.03. The highest BCUT2D eigenvalue weighted by Gasteiger charge is 2.17. The highest BCUT2D eigenvalue weighted by Crippen LogP contribution is 2.26. The van der Waals surface area contributed by atoms with E-state index in [0.717, 1.165) is 0 Å². The number of ether oxygens (including phenoxy) is 1. The van der Waals surface area contributed by atoms with Crippen molar-refractivity contribution in [3.63, 3.8) is 0 Å². The largest absolute Gasteiger partial charge is 0.466 e. The van der Waals surface area contributed by atoms with Gasteiger partial charge in [0.1, 0.15) is 12.5 Å². The molecule has 1 aromatic carbocycles. The molecule has 0 saturated carbocycles. The zero-order chi connectivity index (χ0) is 14.4. The zero-order valence-corrected chi connectivity index (χ0v) is 11.6. The Balaban J connectivity index is 2.88. The van der Waals surface area contributed by atoms with E-state index < -0.39 is 24.1 Å². The summed E-state index contributed by atoms with van der Waals surface area (Å²) < 4.78 is 18.5. The molecular weight excluding hydrogens is 319 g/mol. The molecular formula is C12H10BrFN2O3. The summed E-state index contributed by atoms with van der Waals surface area (Å²) >= 11 is 2.95. The van der Waals surface area contributed by atoms with Crippen LogP contribution in [-0.4, -0.2) is 18.5 Å². The van der Waals surface area contributed by atoms with Crippen LogP contribution in [0.5, 0.6) is 0 Å². The average molecular weight is 329 g/mol. The van der Waals surface area contributed by atoms with E-state index in [2.05, 4.69) is 26.0 Å². The van der Waals surface area contributed by atoms with Gasteiger partial charge in [0.2, 0.25) is 5.91 Å². The fraction of sp³-hybridized carbons (Fsp3) is 0.250. The number of hydrogen-bond donors (Lipinski definition) is 1. The number of rotatable bonds is 4. The van der Waals surface area contributed by atoms with E-state index in [1.807, 2.05) is 0 Å². The Morgan fingerprint density at radius 1 is 1.53 bits per heavy atom. The third-order valence-corrected chi connectivity index (χ3v) is 2.70. The maximum absolute atomic E-state index is 13.8. The van der Waals surface area contributed by atoms with Crippen LogP contribution in [0.4, 0.5) is 10.1 Å². The van der Waals surface area contributed by atoms with Crippen LogP contribution in [0.25, 0.3) is 0 Å². The lowest BCUT2D eigenvalue weighted by Crippen LogP contribution is -2.19. The smallest absolute Gasteiger partial charge is 0.315 e. The minimum atomic E-state index is -0.767. The van der Waals surface area contributed by atoms with Gasteiger partial charge >= 0.3 is 5.97 Å². The number of carbonyl (C=O) groups is 2. The lowest BCUT2D eigenvalue weighted by atomic mass is 10.2. The third-order valence-electron chi connectivity index (χ3n) is 2.09. The van der Waals surface area contributed by atoms with E-state index in [1.54, 1.807) is 13.0 Å². The van der Waals surface area contributed by atoms with Gasteiger partial charge in [-0.1, -0.05) is 0 Å². The number of esters is 1. The zero-order valence-electron chi connectivity index (χ0n) is 10.00. The second kappa shape index (κ2) is 6.85. The molecule has 7 heteroatoms. The van der Waals surface area contributed by atoms with Crippen LogP contribution in [-0.2, 0) is 14.3 Å². The summed E-state index contributed by atoms with van der Waals surface area (Å²) in [5, 5.41) is 11.0. The van der Waals surface area contributed by atoms with Crippen LogP contribution in [0.1, 0.15) is 18.9 Å². The molecule has 100 valence electrons. The van der Waals surface area contributed by atoms with Gasteiger partial charge in [-0.15, -0.1) is 0 Å². The van der Waals surface area contributed by atoms with Crippen molar-refractivity contribution >= 4 is 33.5 Å².